The lowest BCUT2D eigenvalue weighted by Gasteiger charge is -2.41. The standard InChI is InChI=1S/C30H31N5O3S/c1-19-12-14-22(15-13-19)32-29(37)33-23-9-6-8-21(18-23)27-26(20(2)31-30-35(27)16-7-17-39-30)28(36)34-24-10-4-5-11-25(24)38-3/h4-6,8-15,18,27H,7,16-17H2,1-3H3,(H,34,36)(H2,32,33,37). The normalized spacial score (nSPS) is 16.6. The van der Waals surface area contributed by atoms with E-state index in [-0.39, 0.29) is 18.0 Å². The number of para-hydroxylation sites is 2. The van der Waals surface area contributed by atoms with E-state index in [1.807, 2.05) is 86.6 Å². The molecule has 5 rings (SSSR count). The molecule has 2 aliphatic heterocycles. The van der Waals surface area contributed by atoms with E-state index in [0.717, 1.165) is 35.0 Å². The fourth-order valence-electron chi connectivity index (χ4n) is 4.76. The molecule has 0 radical (unpaired) electrons. The van der Waals surface area contributed by atoms with Crippen LogP contribution in [0.3, 0.4) is 0 Å². The monoisotopic (exact) mass is 541 g/mol. The summed E-state index contributed by atoms with van der Waals surface area (Å²) in [5.41, 5.74) is 5.18. The molecule has 0 spiro atoms. The van der Waals surface area contributed by atoms with Crippen molar-refractivity contribution in [1.82, 2.24) is 4.90 Å². The highest BCUT2D eigenvalue weighted by Crippen LogP contribution is 2.40. The Hall–Kier alpha value is -4.24. The van der Waals surface area contributed by atoms with E-state index >= 15 is 0 Å². The Kier molecular flexibility index (Phi) is 7.88. The van der Waals surface area contributed by atoms with Crippen LogP contribution < -0.4 is 20.7 Å². The van der Waals surface area contributed by atoms with E-state index in [2.05, 4.69) is 20.9 Å². The lowest BCUT2D eigenvalue weighted by atomic mass is 9.93. The van der Waals surface area contributed by atoms with Crippen LogP contribution in [-0.2, 0) is 4.79 Å². The summed E-state index contributed by atoms with van der Waals surface area (Å²) in [6.07, 6.45) is 0.984. The number of nitrogens with one attached hydrogen (secondary N) is 3. The van der Waals surface area contributed by atoms with Gasteiger partial charge in [-0.3, -0.25) is 4.79 Å². The summed E-state index contributed by atoms with van der Waals surface area (Å²) in [5.74, 6) is 1.33. The van der Waals surface area contributed by atoms with E-state index in [4.69, 9.17) is 9.73 Å². The van der Waals surface area contributed by atoms with Crippen molar-refractivity contribution in [3.05, 3.63) is 95.2 Å². The topological polar surface area (TPSA) is 95.1 Å². The number of rotatable bonds is 6. The Bertz CT molecular complexity index is 1450. The van der Waals surface area contributed by atoms with Gasteiger partial charge in [-0.2, -0.15) is 0 Å². The number of fused-ring (bicyclic) bond motifs is 1. The van der Waals surface area contributed by atoms with Crippen molar-refractivity contribution >= 4 is 45.9 Å². The van der Waals surface area contributed by atoms with Crippen molar-refractivity contribution in [3.8, 4) is 5.75 Å². The molecule has 3 aromatic carbocycles. The molecule has 3 N–H and O–H groups in total. The van der Waals surface area contributed by atoms with Crippen LogP contribution in [0, 0.1) is 6.92 Å². The van der Waals surface area contributed by atoms with Crippen molar-refractivity contribution in [2.75, 3.05) is 35.4 Å². The number of hydrogen-bond acceptors (Lipinski definition) is 6. The van der Waals surface area contributed by atoms with Gasteiger partial charge < -0.3 is 25.6 Å². The van der Waals surface area contributed by atoms with Gasteiger partial charge in [0.2, 0.25) is 0 Å². The summed E-state index contributed by atoms with van der Waals surface area (Å²) in [7, 11) is 1.58. The number of amidine groups is 1. The highest BCUT2D eigenvalue weighted by molar-refractivity contribution is 8.13. The van der Waals surface area contributed by atoms with Gasteiger partial charge in [0.05, 0.1) is 30.1 Å². The molecule has 0 bridgehead atoms. The number of carbonyl (C=O) groups is 2. The molecule has 1 saturated heterocycles. The number of carbonyl (C=O) groups excluding carboxylic acids is 2. The van der Waals surface area contributed by atoms with Gasteiger partial charge in [-0.1, -0.05) is 53.7 Å². The molecule has 200 valence electrons. The highest BCUT2D eigenvalue weighted by Gasteiger charge is 2.37. The largest absolute Gasteiger partial charge is 0.495 e. The third-order valence-electron chi connectivity index (χ3n) is 6.63. The number of nitrogens with zero attached hydrogens (tertiary/aromatic N) is 2. The molecule has 1 atom stereocenters. The molecule has 2 heterocycles. The van der Waals surface area contributed by atoms with Gasteiger partial charge >= 0.3 is 6.03 Å². The average molecular weight is 542 g/mol. The van der Waals surface area contributed by atoms with Gasteiger partial charge in [-0.15, -0.1) is 0 Å². The van der Waals surface area contributed by atoms with E-state index < -0.39 is 0 Å². The number of urea groups is 1. The Labute approximate surface area is 232 Å². The Balaban J connectivity index is 1.44. The van der Waals surface area contributed by atoms with Gasteiger partial charge in [0.1, 0.15) is 5.75 Å². The quantitative estimate of drug-likeness (QED) is 0.335. The molecular weight excluding hydrogens is 510 g/mol. The van der Waals surface area contributed by atoms with E-state index in [9.17, 15) is 9.59 Å². The van der Waals surface area contributed by atoms with E-state index in [1.165, 1.54) is 0 Å². The zero-order valence-electron chi connectivity index (χ0n) is 22.2. The predicted octanol–water partition coefficient (Wildman–Crippen LogP) is 6.41. The van der Waals surface area contributed by atoms with E-state index in [1.54, 1.807) is 18.9 Å². The average Bonchev–Trinajstić information content (AvgIpc) is 2.94. The number of aryl methyl sites for hydroxylation is 1. The number of ether oxygens (including phenoxy) is 1. The minimum atomic E-state index is -0.359. The van der Waals surface area contributed by atoms with Crippen molar-refractivity contribution in [1.29, 1.82) is 0 Å². The molecule has 1 unspecified atom stereocenters. The third kappa shape index (κ3) is 5.93. The molecule has 39 heavy (non-hydrogen) atoms. The van der Waals surface area contributed by atoms with Crippen LogP contribution in [0.5, 0.6) is 5.75 Å². The maximum atomic E-state index is 13.8. The highest BCUT2D eigenvalue weighted by atomic mass is 32.2. The second kappa shape index (κ2) is 11.7. The molecule has 3 amide bonds. The van der Waals surface area contributed by atoms with Gasteiger partial charge in [-0.25, -0.2) is 9.79 Å². The van der Waals surface area contributed by atoms with Crippen LogP contribution in [0.2, 0.25) is 0 Å². The van der Waals surface area contributed by atoms with Crippen molar-refractivity contribution in [2.24, 2.45) is 4.99 Å². The minimum absolute atomic E-state index is 0.240. The van der Waals surface area contributed by atoms with Gasteiger partial charge in [0.15, 0.2) is 5.17 Å². The molecule has 3 aromatic rings. The first-order valence-corrected chi connectivity index (χ1v) is 13.8. The molecule has 0 aliphatic carbocycles. The lowest BCUT2D eigenvalue weighted by molar-refractivity contribution is -0.113. The van der Waals surface area contributed by atoms with Crippen molar-refractivity contribution < 1.29 is 14.3 Å². The Morgan fingerprint density at radius 2 is 1.72 bits per heavy atom. The summed E-state index contributed by atoms with van der Waals surface area (Å²) in [6, 6.07) is 21.9. The van der Waals surface area contributed by atoms with Crippen molar-refractivity contribution in [3.63, 3.8) is 0 Å². The minimum Gasteiger partial charge on any atom is -0.495 e. The van der Waals surface area contributed by atoms with Crippen LogP contribution in [0.15, 0.2) is 89.1 Å². The van der Waals surface area contributed by atoms with Gasteiger partial charge in [-0.05, 0) is 62.2 Å². The number of benzene rings is 3. The maximum absolute atomic E-state index is 13.8. The smallest absolute Gasteiger partial charge is 0.323 e. The molecule has 2 aliphatic rings. The second-order valence-electron chi connectivity index (χ2n) is 9.42. The van der Waals surface area contributed by atoms with Crippen LogP contribution in [-0.4, -0.2) is 41.4 Å². The summed E-state index contributed by atoms with van der Waals surface area (Å²) >= 11 is 1.70. The molecular formula is C30H31N5O3S. The number of methoxy groups -OCH3 is 1. The number of amides is 3. The summed E-state index contributed by atoms with van der Waals surface area (Å²) in [5, 5.41) is 9.74. The number of hydrogen-bond donors (Lipinski definition) is 3. The van der Waals surface area contributed by atoms with Crippen LogP contribution in [0.1, 0.15) is 30.5 Å². The summed E-state index contributed by atoms with van der Waals surface area (Å²) in [6.45, 7) is 4.65. The molecule has 9 heteroatoms. The molecule has 0 saturated carbocycles. The zero-order valence-corrected chi connectivity index (χ0v) is 23.0. The molecule has 0 aromatic heterocycles. The number of anilines is 3. The van der Waals surface area contributed by atoms with Gasteiger partial charge in [0.25, 0.3) is 5.91 Å². The first-order chi connectivity index (χ1) is 18.9. The predicted molar refractivity (Wildman–Crippen MR) is 159 cm³/mol. The first-order valence-electron chi connectivity index (χ1n) is 12.8. The van der Waals surface area contributed by atoms with Crippen LogP contribution in [0.25, 0.3) is 0 Å². The third-order valence-corrected chi connectivity index (χ3v) is 7.70. The lowest BCUT2D eigenvalue weighted by Crippen LogP contribution is -2.43. The van der Waals surface area contributed by atoms with Crippen LogP contribution in [0.4, 0.5) is 21.9 Å². The van der Waals surface area contributed by atoms with Crippen LogP contribution >= 0.6 is 11.8 Å². The number of aliphatic imine (C=N–C) groups is 1. The Morgan fingerprint density at radius 3 is 2.51 bits per heavy atom. The first kappa shape index (κ1) is 26.4. The fraction of sp³-hybridized carbons (Fsp3) is 0.233. The van der Waals surface area contributed by atoms with E-state index in [0.29, 0.717) is 34.1 Å². The zero-order chi connectivity index (χ0) is 27.4. The van der Waals surface area contributed by atoms with Crippen molar-refractivity contribution in [2.45, 2.75) is 26.3 Å². The fourth-order valence-corrected chi connectivity index (χ4v) is 5.78. The molecule has 8 nitrogen and oxygen atoms in total. The summed E-state index contributed by atoms with van der Waals surface area (Å²) < 4.78 is 5.44. The number of thioether (sulfide) groups is 1. The SMILES string of the molecule is COc1ccccc1NC(=O)C1=C(C)N=C2SCCCN2C1c1cccc(NC(=O)Nc2ccc(C)cc2)c1. The van der Waals surface area contributed by atoms with Gasteiger partial charge in [0, 0.05) is 23.7 Å². The molecule has 1 fully saturated rings. The summed E-state index contributed by atoms with van der Waals surface area (Å²) in [4.78, 5) is 33.5. The second-order valence-corrected chi connectivity index (χ2v) is 10.5. The number of allylic oxidation sites excluding steroid dienone is 1. The maximum Gasteiger partial charge on any atom is 0.323 e. The Morgan fingerprint density at radius 1 is 0.949 bits per heavy atom.